The topological polar surface area (TPSA) is 98.7 Å². The van der Waals surface area contributed by atoms with Crippen molar-refractivity contribution in [1.82, 2.24) is 15.5 Å². The molecule has 4 rings (SSSR count). The lowest BCUT2D eigenvalue weighted by Gasteiger charge is -2.36. The molecule has 180 valence electrons. The van der Waals surface area contributed by atoms with Crippen LogP contribution in [-0.2, 0) is 20.9 Å². The second kappa shape index (κ2) is 10.1. The third-order valence-corrected chi connectivity index (χ3v) is 9.37. The van der Waals surface area contributed by atoms with Crippen molar-refractivity contribution in [2.24, 2.45) is 11.8 Å². The molecule has 3 aliphatic heterocycles. The van der Waals surface area contributed by atoms with Crippen molar-refractivity contribution in [3.63, 3.8) is 0 Å². The van der Waals surface area contributed by atoms with E-state index in [9.17, 15) is 19.5 Å². The second-order valence-electron chi connectivity index (χ2n) is 9.53. The molecule has 0 saturated carbocycles. The Hall–Kier alpha value is -2.06. The summed E-state index contributed by atoms with van der Waals surface area (Å²) in [5.74, 6) is -1.42. The number of hydrogen-bond acceptors (Lipinski definition) is 5. The Morgan fingerprint density at radius 2 is 1.97 bits per heavy atom. The molecule has 1 spiro atoms. The fraction of sp³-hybridized carbons (Fsp3) is 0.640. The number of thioether (sulfide) groups is 1. The summed E-state index contributed by atoms with van der Waals surface area (Å²) in [5.41, 5.74) is 1.01. The zero-order valence-corrected chi connectivity index (χ0v) is 20.3. The summed E-state index contributed by atoms with van der Waals surface area (Å²) in [6.07, 6.45) is 4.56. The average Bonchev–Trinajstić information content (AvgIpc) is 3.47. The van der Waals surface area contributed by atoms with Gasteiger partial charge in [-0.05, 0) is 31.7 Å². The van der Waals surface area contributed by atoms with Gasteiger partial charge in [-0.15, -0.1) is 11.8 Å². The summed E-state index contributed by atoms with van der Waals surface area (Å²) in [6.45, 7) is 4.66. The SMILES string of the molecule is CCCCCNC(=O)C1N([C@H](C)CO)C(=O)[C@@H]2[C@H](C(=O)NCc3ccccc3)[C@@H]3CCC12S3. The third-order valence-electron chi connectivity index (χ3n) is 7.42. The fourth-order valence-electron chi connectivity index (χ4n) is 5.84. The van der Waals surface area contributed by atoms with Crippen molar-refractivity contribution in [1.29, 1.82) is 0 Å². The number of likely N-dealkylation sites (tertiary alicyclic amines) is 1. The Morgan fingerprint density at radius 3 is 2.67 bits per heavy atom. The molecule has 1 aromatic rings. The second-order valence-corrected chi connectivity index (χ2v) is 11.1. The standard InChI is InChI=1S/C25H35N3O4S/c1-3-4-8-13-26-23(31)21-25-12-11-18(33-25)19(20(25)24(32)28(21)16(2)15-29)22(30)27-14-17-9-6-5-7-10-17/h5-7,9-10,16,18-21,29H,3-4,8,11-15H2,1-2H3,(H,26,31)(H,27,30)/t16-,18+,19-,20+,21?,25?/m1/s1. The highest BCUT2D eigenvalue weighted by Gasteiger charge is 2.73. The van der Waals surface area contributed by atoms with E-state index >= 15 is 0 Å². The lowest BCUT2D eigenvalue weighted by Crippen LogP contribution is -2.56. The Labute approximate surface area is 200 Å². The van der Waals surface area contributed by atoms with E-state index in [1.165, 1.54) is 0 Å². The molecule has 3 fully saturated rings. The number of aliphatic hydroxyl groups excluding tert-OH is 1. The zero-order chi connectivity index (χ0) is 23.6. The molecule has 0 radical (unpaired) electrons. The first-order valence-corrected chi connectivity index (χ1v) is 13.0. The number of rotatable bonds is 10. The predicted molar refractivity (Wildman–Crippen MR) is 128 cm³/mol. The van der Waals surface area contributed by atoms with Gasteiger partial charge in [0, 0.05) is 18.3 Å². The van der Waals surface area contributed by atoms with Crippen molar-refractivity contribution in [2.45, 2.75) is 74.6 Å². The van der Waals surface area contributed by atoms with E-state index in [4.69, 9.17) is 0 Å². The quantitative estimate of drug-likeness (QED) is 0.452. The van der Waals surface area contributed by atoms with E-state index in [2.05, 4.69) is 17.6 Å². The maximum Gasteiger partial charge on any atom is 0.244 e. The number of hydrogen-bond donors (Lipinski definition) is 3. The summed E-state index contributed by atoms with van der Waals surface area (Å²) >= 11 is 1.66. The number of amides is 3. The van der Waals surface area contributed by atoms with Gasteiger partial charge >= 0.3 is 0 Å². The minimum Gasteiger partial charge on any atom is -0.394 e. The summed E-state index contributed by atoms with van der Waals surface area (Å²) in [7, 11) is 0. The Balaban J connectivity index is 1.56. The number of aliphatic hydroxyl groups is 1. The number of nitrogens with one attached hydrogen (secondary N) is 2. The van der Waals surface area contributed by atoms with Gasteiger partial charge in [-0.1, -0.05) is 50.1 Å². The molecule has 3 aliphatic rings. The summed E-state index contributed by atoms with van der Waals surface area (Å²) < 4.78 is -0.602. The summed E-state index contributed by atoms with van der Waals surface area (Å²) in [6, 6.07) is 8.59. The van der Waals surface area contributed by atoms with Gasteiger partial charge in [0.15, 0.2) is 0 Å². The third kappa shape index (κ3) is 4.28. The van der Waals surface area contributed by atoms with Crippen molar-refractivity contribution in [2.75, 3.05) is 13.2 Å². The highest BCUT2D eigenvalue weighted by molar-refractivity contribution is 8.02. The van der Waals surface area contributed by atoms with Crippen molar-refractivity contribution in [3.8, 4) is 0 Å². The number of benzene rings is 1. The summed E-state index contributed by atoms with van der Waals surface area (Å²) in [4.78, 5) is 42.0. The molecule has 0 aliphatic carbocycles. The number of carbonyl (C=O) groups excluding carboxylic acids is 3. The van der Waals surface area contributed by atoms with Crippen LogP contribution in [0.4, 0.5) is 0 Å². The largest absolute Gasteiger partial charge is 0.394 e. The van der Waals surface area contributed by atoms with Crippen LogP contribution in [0.3, 0.4) is 0 Å². The van der Waals surface area contributed by atoms with E-state index in [1.54, 1.807) is 23.6 Å². The molecule has 3 N–H and O–H groups in total. The Morgan fingerprint density at radius 1 is 1.21 bits per heavy atom. The first-order valence-electron chi connectivity index (χ1n) is 12.1. The molecule has 6 atom stereocenters. The number of unbranched alkanes of at least 4 members (excludes halogenated alkanes) is 2. The molecule has 2 unspecified atom stereocenters. The van der Waals surface area contributed by atoms with Crippen LogP contribution in [0.15, 0.2) is 30.3 Å². The minimum absolute atomic E-state index is 0.0386. The molecule has 33 heavy (non-hydrogen) atoms. The lowest BCUT2D eigenvalue weighted by atomic mass is 9.70. The monoisotopic (exact) mass is 473 g/mol. The predicted octanol–water partition coefficient (Wildman–Crippen LogP) is 2.08. The minimum atomic E-state index is -0.652. The van der Waals surface area contributed by atoms with Crippen LogP contribution in [0.2, 0.25) is 0 Å². The molecular weight excluding hydrogens is 438 g/mol. The molecule has 2 bridgehead atoms. The molecular formula is C25H35N3O4S. The van der Waals surface area contributed by atoms with Crippen LogP contribution in [0.5, 0.6) is 0 Å². The van der Waals surface area contributed by atoms with Gasteiger partial charge in [0.1, 0.15) is 6.04 Å². The molecule has 3 heterocycles. The molecule has 7 nitrogen and oxygen atoms in total. The number of nitrogens with zero attached hydrogens (tertiary/aromatic N) is 1. The van der Waals surface area contributed by atoms with Crippen molar-refractivity contribution < 1.29 is 19.5 Å². The Bertz CT molecular complexity index is 882. The van der Waals surface area contributed by atoms with Crippen LogP contribution in [-0.4, -0.2) is 63.0 Å². The van der Waals surface area contributed by atoms with Gasteiger partial charge in [0.05, 0.1) is 29.2 Å². The van der Waals surface area contributed by atoms with E-state index in [-0.39, 0.29) is 29.6 Å². The van der Waals surface area contributed by atoms with E-state index < -0.39 is 28.7 Å². The van der Waals surface area contributed by atoms with E-state index in [1.807, 2.05) is 30.3 Å². The molecule has 8 heteroatoms. The van der Waals surface area contributed by atoms with E-state index in [0.717, 1.165) is 37.7 Å². The maximum atomic E-state index is 13.7. The van der Waals surface area contributed by atoms with Gasteiger partial charge < -0.3 is 20.6 Å². The number of carbonyl (C=O) groups is 3. The lowest BCUT2D eigenvalue weighted by molar-refractivity contribution is -0.142. The average molecular weight is 474 g/mol. The van der Waals surface area contributed by atoms with Crippen LogP contribution in [0, 0.1) is 11.8 Å². The molecule has 0 aromatic heterocycles. The van der Waals surface area contributed by atoms with Crippen molar-refractivity contribution in [3.05, 3.63) is 35.9 Å². The first kappa shape index (κ1) is 24.1. The number of fused-ring (bicyclic) bond motifs is 1. The van der Waals surface area contributed by atoms with Gasteiger partial charge in [0.25, 0.3) is 0 Å². The van der Waals surface area contributed by atoms with Crippen LogP contribution in [0.1, 0.15) is 51.5 Å². The van der Waals surface area contributed by atoms with Gasteiger partial charge in [-0.25, -0.2) is 0 Å². The summed E-state index contributed by atoms with van der Waals surface area (Å²) in [5, 5.41) is 16.0. The highest BCUT2D eigenvalue weighted by atomic mass is 32.2. The van der Waals surface area contributed by atoms with Crippen LogP contribution < -0.4 is 10.6 Å². The smallest absolute Gasteiger partial charge is 0.244 e. The molecule has 3 amide bonds. The van der Waals surface area contributed by atoms with Gasteiger partial charge in [-0.2, -0.15) is 0 Å². The van der Waals surface area contributed by atoms with Gasteiger partial charge in [0.2, 0.25) is 17.7 Å². The first-order chi connectivity index (χ1) is 15.9. The van der Waals surface area contributed by atoms with E-state index in [0.29, 0.717) is 13.1 Å². The molecule has 3 saturated heterocycles. The van der Waals surface area contributed by atoms with Crippen molar-refractivity contribution >= 4 is 29.5 Å². The molecule has 1 aromatic carbocycles. The van der Waals surface area contributed by atoms with Crippen LogP contribution in [0.25, 0.3) is 0 Å². The highest BCUT2D eigenvalue weighted by Crippen LogP contribution is 2.66. The Kier molecular flexibility index (Phi) is 7.34. The fourth-order valence-corrected chi connectivity index (χ4v) is 8.05. The normalized spacial score (nSPS) is 30.9. The maximum absolute atomic E-state index is 13.7. The van der Waals surface area contributed by atoms with Gasteiger partial charge in [-0.3, -0.25) is 14.4 Å². The zero-order valence-electron chi connectivity index (χ0n) is 19.5. The van der Waals surface area contributed by atoms with Crippen LogP contribution >= 0.6 is 11.8 Å².